The van der Waals surface area contributed by atoms with E-state index in [1.54, 1.807) is 6.07 Å². The highest BCUT2D eigenvalue weighted by atomic mass is 79.9. The molecule has 3 N–H and O–H groups in total. The lowest BCUT2D eigenvalue weighted by Gasteiger charge is -2.08. The Hall–Kier alpha value is -2.02. The van der Waals surface area contributed by atoms with Crippen molar-refractivity contribution in [3.63, 3.8) is 0 Å². The van der Waals surface area contributed by atoms with E-state index in [0.717, 1.165) is 12.1 Å². The zero-order valence-electron chi connectivity index (χ0n) is 9.45. The number of anilines is 2. The second-order valence-corrected chi connectivity index (χ2v) is 4.50. The summed E-state index contributed by atoms with van der Waals surface area (Å²) < 4.78 is 26.8. The van der Waals surface area contributed by atoms with Gasteiger partial charge in [-0.2, -0.15) is 0 Å². The molecule has 0 atom stereocenters. The minimum Gasteiger partial charge on any atom is -0.397 e. The van der Waals surface area contributed by atoms with Crippen LogP contribution in [0.25, 0.3) is 0 Å². The van der Waals surface area contributed by atoms with Crippen LogP contribution in [0, 0.1) is 11.6 Å². The molecule has 19 heavy (non-hydrogen) atoms. The van der Waals surface area contributed by atoms with E-state index in [0.29, 0.717) is 0 Å². The smallest absolute Gasteiger partial charge is 0.276 e. The molecule has 4 nitrogen and oxygen atoms in total. The van der Waals surface area contributed by atoms with Gasteiger partial charge in [-0.3, -0.25) is 4.79 Å². The van der Waals surface area contributed by atoms with Crippen LogP contribution >= 0.6 is 15.9 Å². The Morgan fingerprint density at radius 1 is 1.32 bits per heavy atom. The van der Waals surface area contributed by atoms with E-state index in [-0.39, 0.29) is 21.5 Å². The van der Waals surface area contributed by atoms with Crippen molar-refractivity contribution in [1.82, 2.24) is 4.98 Å². The average molecular weight is 328 g/mol. The third-order valence-electron chi connectivity index (χ3n) is 2.31. The molecule has 1 aromatic heterocycles. The Balaban J connectivity index is 2.30. The van der Waals surface area contributed by atoms with Gasteiger partial charge in [-0.15, -0.1) is 0 Å². The van der Waals surface area contributed by atoms with Gasteiger partial charge in [-0.25, -0.2) is 13.8 Å². The zero-order chi connectivity index (χ0) is 14.0. The van der Waals surface area contributed by atoms with Crippen molar-refractivity contribution < 1.29 is 13.6 Å². The van der Waals surface area contributed by atoms with Crippen LogP contribution in [0.15, 0.2) is 34.9 Å². The van der Waals surface area contributed by atoms with Crippen LogP contribution in [0.4, 0.5) is 20.2 Å². The largest absolute Gasteiger partial charge is 0.397 e. The third-order valence-corrected chi connectivity index (χ3v) is 2.92. The lowest BCUT2D eigenvalue weighted by Crippen LogP contribution is -2.16. The molecule has 2 aromatic rings. The summed E-state index contributed by atoms with van der Waals surface area (Å²) in [6.45, 7) is 0. The van der Waals surface area contributed by atoms with E-state index < -0.39 is 17.5 Å². The minimum absolute atomic E-state index is 0.0275. The van der Waals surface area contributed by atoms with Crippen molar-refractivity contribution in [3.05, 3.63) is 52.3 Å². The summed E-state index contributed by atoms with van der Waals surface area (Å²) in [5, 5.41) is 2.22. The number of nitrogen functional groups attached to an aromatic ring is 1. The maximum atomic E-state index is 13.5. The van der Waals surface area contributed by atoms with Crippen LogP contribution in [0.5, 0.6) is 0 Å². The highest BCUT2D eigenvalue weighted by Crippen LogP contribution is 2.24. The molecule has 0 spiro atoms. The summed E-state index contributed by atoms with van der Waals surface area (Å²) >= 11 is 2.84. The van der Waals surface area contributed by atoms with Gasteiger partial charge < -0.3 is 11.1 Å². The fraction of sp³-hybridized carbons (Fsp3) is 0. The summed E-state index contributed by atoms with van der Waals surface area (Å²) in [6.07, 6.45) is 1.38. The number of hydrogen-bond donors (Lipinski definition) is 2. The molecule has 1 aromatic carbocycles. The topological polar surface area (TPSA) is 68.0 Å². The Morgan fingerprint density at radius 2 is 2.05 bits per heavy atom. The number of amides is 1. The van der Waals surface area contributed by atoms with Crippen molar-refractivity contribution in [2.24, 2.45) is 0 Å². The number of nitrogens with zero attached hydrogens (tertiary/aromatic N) is 1. The molecule has 0 aliphatic rings. The number of rotatable bonds is 2. The molecular weight excluding hydrogens is 320 g/mol. The van der Waals surface area contributed by atoms with Crippen LogP contribution in [0.3, 0.4) is 0 Å². The van der Waals surface area contributed by atoms with Gasteiger partial charge in [-0.05, 0) is 34.1 Å². The molecule has 7 heteroatoms. The monoisotopic (exact) mass is 327 g/mol. The number of hydrogen-bond acceptors (Lipinski definition) is 3. The highest BCUT2D eigenvalue weighted by molar-refractivity contribution is 9.10. The molecule has 0 aliphatic carbocycles. The molecule has 0 radical (unpaired) electrons. The lowest BCUT2D eigenvalue weighted by molar-refractivity contribution is 0.102. The number of carbonyl (C=O) groups is 1. The zero-order valence-corrected chi connectivity index (χ0v) is 11.0. The Bertz CT molecular complexity index is 649. The molecule has 0 bridgehead atoms. The summed E-state index contributed by atoms with van der Waals surface area (Å²) in [5.41, 5.74) is 5.39. The van der Waals surface area contributed by atoms with Gasteiger partial charge in [0.1, 0.15) is 11.6 Å². The number of benzene rings is 1. The molecular formula is C12H8BrF2N3O. The number of nitrogens with one attached hydrogen (secondary N) is 1. The molecule has 0 unspecified atom stereocenters. The molecule has 0 saturated carbocycles. The van der Waals surface area contributed by atoms with Gasteiger partial charge in [0.15, 0.2) is 5.69 Å². The van der Waals surface area contributed by atoms with E-state index in [1.165, 1.54) is 12.3 Å². The quantitative estimate of drug-likeness (QED) is 0.833. The Kier molecular flexibility index (Phi) is 3.75. The molecule has 0 aliphatic heterocycles. The second-order valence-electron chi connectivity index (χ2n) is 3.64. The first kappa shape index (κ1) is 13.4. The van der Waals surface area contributed by atoms with E-state index in [9.17, 15) is 13.6 Å². The van der Waals surface area contributed by atoms with Crippen LogP contribution in [0.2, 0.25) is 0 Å². The second kappa shape index (κ2) is 5.31. The van der Waals surface area contributed by atoms with E-state index in [2.05, 4.69) is 26.2 Å². The summed E-state index contributed by atoms with van der Waals surface area (Å²) in [5.74, 6) is -2.17. The van der Waals surface area contributed by atoms with Crippen LogP contribution in [-0.2, 0) is 0 Å². The van der Waals surface area contributed by atoms with Gasteiger partial charge in [0.05, 0.1) is 15.8 Å². The average Bonchev–Trinajstić information content (AvgIpc) is 2.36. The number of nitrogens with two attached hydrogens (primary N) is 1. The first-order chi connectivity index (χ1) is 8.99. The summed E-state index contributed by atoms with van der Waals surface area (Å²) in [4.78, 5) is 15.6. The normalized spacial score (nSPS) is 10.3. The Morgan fingerprint density at radius 3 is 2.74 bits per heavy atom. The fourth-order valence-electron chi connectivity index (χ4n) is 1.41. The predicted molar refractivity (Wildman–Crippen MR) is 70.7 cm³/mol. The van der Waals surface area contributed by atoms with Gasteiger partial charge in [0, 0.05) is 12.3 Å². The summed E-state index contributed by atoms with van der Waals surface area (Å²) in [6, 6.07) is 4.84. The Labute approximate surface area is 115 Å². The minimum atomic E-state index is -0.767. The SMILES string of the molecule is Nc1cccnc1C(=O)Nc1cc(F)c(Br)cc1F. The standard InChI is InChI=1S/C12H8BrF2N3O/c13-6-4-8(15)10(5-7(6)14)18-12(19)11-9(16)2-1-3-17-11/h1-5H,16H2,(H,18,19). The number of carbonyl (C=O) groups excluding carboxylic acids is 1. The van der Waals surface area contributed by atoms with Crippen LogP contribution in [0.1, 0.15) is 10.5 Å². The predicted octanol–water partition coefficient (Wildman–Crippen LogP) is 2.96. The third kappa shape index (κ3) is 2.87. The van der Waals surface area contributed by atoms with Crippen molar-refractivity contribution in [1.29, 1.82) is 0 Å². The summed E-state index contributed by atoms with van der Waals surface area (Å²) in [7, 11) is 0. The van der Waals surface area contributed by atoms with E-state index >= 15 is 0 Å². The van der Waals surface area contributed by atoms with Crippen molar-refractivity contribution in [3.8, 4) is 0 Å². The van der Waals surface area contributed by atoms with E-state index in [1.807, 2.05) is 0 Å². The number of halogens is 3. The van der Waals surface area contributed by atoms with Crippen molar-refractivity contribution in [2.45, 2.75) is 0 Å². The maximum absolute atomic E-state index is 13.5. The van der Waals surface area contributed by atoms with Gasteiger partial charge >= 0.3 is 0 Å². The highest BCUT2D eigenvalue weighted by Gasteiger charge is 2.15. The molecule has 0 fully saturated rings. The van der Waals surface area contributed by atoms with Gasteiger partial charge in [0.2, 0.25) is 0 Å². The van der Waals surface area contributed by atoms with E-state index in [4.69, 9.17) is 5.73 Å². The lowest BCUT2D eigenvalue weighted by atomic mass is 10.2. The van der Waals surface area contributed by atoms with Crippen LogP contribution < -0.4 is 11.1 Å². The van der Waals surface area contributed by atoms with Crippen LogP contribution in [-0.4, -0.2) is 10.9 Å². The molecule has 2 rings (SSSR count). The molecule has 1 amide bonds. The van der Waals surface area contributed by atoms with Gasteiger partial charge in [-0.1, -0.05) is 0 Å². The number of aromatic nitrogens is 1. The molecule has 0 saturated heterocycles. The first-order valence-electron chi connectivity index (χ1n) is 5.15. The fourth-order valence-corrected chi connectivity index (χ4v) is 1.72. The first-order valence-corrected chi connectivity index (χ1v) is 5.94. The molecule has 98 valence electrons. The van der Waals surface area contributed by atoms with Crippen molar-refractivity contribution >= 4 is 33.2 Å². The molecule has 1 heterocycles. The number of pyridine rings is 1. The van der Waals surface area contributed by atoms with Gasteiger partial charge in [0.25, 0.3) is 5.91 Å². The van der Waals surface area contributed by atoms with Crippen molar-refractivity contribution in [2.75, 3.05) is 11.1 Å². The maximum Gasteiger partial charge on any atom is 0.276 e.